The quantitative estimate of drug-likeness (QED) is 0.0837. The van der Waals surface area contributed by atoms with Crippen molar-refractivity contribution in [3.05, 3.63) is 0 Å². The van der Waals surface area contributed by atoms with Crippen molar-refractivity contribution in [3.63, 3.8) is 0 Å². The lowest BCUT2D eigenvalue weighted by Crippen LogP contribution is -2.44. The smallest absolute Gasteiger partial charge is 0.310 e. The van der Waals surface area contributed by atoms with Gasteiger partial charge in [-0.15, -0.1) is 0 Å². The fourth-order valence-corrected chi connectivity index (χ4v) is 6.39. The first-order valence-electron chi connectivity index (χ1n) is 16.8. The third-order valence-electron chi connectivity index (χ3n) is 8.87. The summed E-state index contributed by atoms with van der Waals surface area (Å²) in [7, 11) is 4.36. The van der Waals surface area contributed by atoms with Gasteiger partial charge in [0, 0.05) is 6.04 Å². The van der Waals surface area contributed by atoms with Crippen LogP contribution >= 0.6 is 0 Å². The molecule has 5 unspecified atom stereocenters. The van der Waals surface area contributed by atoms with Gasteiger partial charge in [-0.05, 0) is 51.6 Å². The topological polar surface area (TPSA) is 29.5 Å². The van der Waals surface area contributed by atoms with Crippen LogP contribution in [-0.4, -0.2) is 37.1 Å². The maximum Gasteiger partial charge on any atom is 0.310 e. The molecule has 37 heavy (non-hydrogen) atoms. The van der Waals surface area contributed by atoms with Crippen LogP contribution in [-0.2, 0) is 9.53 Å². The Morgan fingerprint density at radius 2 is 1.14 bits per heavy atom. The number of hydrogen-bond acceptors (Lipinski definition) is 3. The van der Waals surface area contributed by atoms with E-state index in [2.05, 4.69) is 46.7 Å². The van der Waals surface area contributed by atoms with Gasteiger partial charge in [0.1, 0.15) is 6.10 Å². The number of nitrogens with zero attached hydrogens (tertiary/aromatic N) is 1. The van der Waals surface area contributed by atoms with E-state index in [4.69, 9.17) is 4.74 Å². The van der Waals surface area contributed by atoms with Crippen molar-refractivity contribution >= 4 is 5.97 Å². The second-order valence-corrected chi connectivity index (χ2v) is 12.6. The summed E-state index contributed by atoms with van der Waals surface area (Å²) in [6.45, 7) is 9.00. The molecule has 0 amide bonds. The molecule has 3 heteroatoms. The maximum atomic E-state index is 13.3. The maximum absolute atomic E-state index is 13.3. The van der Waals surface area contributed by atoms with E-state index in [1.807, 2.05) is 0 Å². The van der Waals surface area contributed by atoms with E-state index in [9.17, 15) is 4.79 Å². The highest BCUT2D eigenvalue weighted by Crippen LogP contribution is 2.39. The summed E-state index contributed by atoms with van der Waals surface area (Å²) < 4.78 is 6.09. The summed E-state index contributed by atoms with van der Waals surface area (Å²) >= 11 is 0. The highest BCUT2D eigenvalue weighted by atomic mass is 16.5. The minimum Gasteiger partial charge on any atom is -0.462 e. The van der Waals surface area contributed by atoms with E-state index in [1.54, 1.807) is 0 Å². The van der Waals surface area contributed by atoms with Crippen LogP contribution in [0.5, 0.6) is 0 Å². The minimum atomic E-state index is -0.0458. The Hall–Kier alpha value is -0.570. The molecular formula is C34H67NO2. The van der Waals surface area contributed by atoms with Crippen molar-refractivity contribution in [3.8, 4) is 0 Å². The van der Waals surface area contributed by atoms with E-state index < -0.39 is 0 Å². The highest BCUT2D eigenvalue weighted by molar-refractivity contribution is 5.73. The Kier molecular flexibility index (Phi) is 20.7. The number of rotatable bonds is 26. The zero-order valence-corrected chi connectivity index (χ0v) is 26.2. The average Bonchev–Trinajstić information content (AvgIpc) is 3.62. The number of carbonyl (C=O) groups excluding carboxylic acids is 1. The van der Waals surface area contributed by atoms with Gasteiger partial charge >= 0.3 is 5.97 Å². The molecular weight excluding hydrogens is 454 g/mol. The van der Waals surface area contributed by atoms with Crippen LogP contribution in [0, 0.1) is 17.8 Å². The summed E-state index contributed by atoms with van der Waals surface area (Å²) in [6, 6.07) is 0.287. The summed E-state index contributed by atoms with van der Waals surface area (Å²) in [5.74, 6) is 1.23. The third kappa shape index (κ3) is 16.2. The molecule has 0 N–H and O–H groups in total. The van der Waals surface area contributed by atoms with Gasteiger partial charge in [0.05, 0.1) is 5.92 Å². The number of carbonyl (C=O) groups is 1. The van der Waals surface area contributed by atoms with Gasteiger partial charge in [0.15, 0.2) is 0 Å². The zero-order valence-electron chi connectivity index (χ0n) is 26.2. The molecule has 1 saturated carbocycles. The molecule has 0 bridgehead atoms. The van der Waals surface area contributed by atoms with Crippen LogP contribution in [0.1, 0.15) is 169 Å². The van der Waals surface area contributed by atoms with Crippen molar-refractivity contribution in [2.75, 3.05) is 14.1 Å². The first-order valence-corrected chi connectivity index (χ1v) is 16.8. The lowest BCUT2D eigenvalue weighted by atomic mass is 9.81. The second kappa shape index (κ2) is 22.3. The van der Waals surface area contributed by atoms with Gasteiger partial charge in [-0.3, -0.25) is 4.79 Å². The SMILES string of the molecule is CCCCCCCCCC(CCCCCCC)C(C(C)C(=O)OC1CC1CCCCCCCC)N(C)C. The molecule has 0 aromatic carbocycles. The Morgan fingerprint density at radius 3 is 1.59 bits per heavy atom. The Morgan fingerprint density at radius 1 is 0.703 bits per heavy atom. The Balaban J connectivity index is 2.54. The largest absolute Gasteiger partial charge is 0.462 e. The predicted molar refractivity (Wildman–Crippen MR) is 162 cm³/mol. The van der Waals surface area contributed by atoms with E-state index in [0.29, 0.717) is 11.8 Å². The minimum absolute atomic E-state index is 0.0458. The van der Waals surface area contributed by atoms with Gasteiger partial charge in [0.25, 0.3) is 0 Å². The molecule has 0 heterocycles. The first-order chi connectivity index (χ1) is 18.0. The average molecular weight is 522 g/mol. The number of unbranched alkanes of at least 4 members (excludes halogenated alkanes) is 15. The number of ether oxygens (including phenoxy) is 1. The van der Waals surface area contributed by atoms with Crippen LogP contribution in [0.2, 0.25) is 0 Å². The molecule has 0 radical (unpaired) electrons. The summed E-state index contributed by atoms with van der Waals surface area (Å²) in [5.41, 5.74) is 0. The predicted octanol–water partition coefficient (Wildman–Crippen LogP) is 10.4. The van der Waals surface area contributed by atoms with Crippen molar-refractivity contribution in [1.82, 2.24) is 4.90 Å². The zero-order chi connectivity index (χ0) is 27.3. The third-order valence-corrected chi connectivity index (χ3v) is 8.87. The van der Waals surface area contributed by atoms with E-state index in [0.717, 1.165) is 6.42 Å². The van der Waals surface area contributed by atoms with Crippen LogP contribution in [0.4, 0.5) is 0 Å². The Bertz CT molecular complexity index is 534. The lowest BCUT2D eigenvalue weighted by molar-refractivity contribution is -0.153. The lowest BCUT2D eigenvalue weighted by Gasteiger charge is -2.36. The molecule has 1 fully saturated rings. The van der Waals surface area contributed by atoms with Gasteiger partial charge in [-0.25, -0.2) is 0 Å². The Labute approximate surface area is 233 Å². The monoisotopic (exact) mass is 522 g/mol. The molecule has 0 saturated heterocycles. The fourth-order valence-electron chi connectivity index (χ4n) is 6.39. The standard InChI is InChI=1S/C34H67NO2/c1-7-10-13-16-18-21-23-26-30(25-22-19-15-12-9-3)33(35(5)6)29(4)34(36)37-32-28-31(32)27-24-20-17-14-11-8-2/h29-33H,7-28H2,1-6H3. The van der Waals surface area contributed by atoms with Gasteiger partial charge in [0.2, 0.25) is 0 Å². The summed E-state index contributed by atoms with van der Waals surface area (Å²) in [5, 5.41) is 0. The molecule has 0 spiro atoms. The molecule has 0 aromatic heterocycles. The van der Waals surface area contributed by atoms with Gasteiger partial charge in [-0.1, -0.05) is 143 Å². The van der Waals surface area contributed by atoms with Crippen LogP contribution in [0.25, 0.3) is 0 Å². The summed E-state index contributed by atoms with van der Waals surface area (Å²) in [4.78, 5) is 15.6. The molecule has 0 aromatic rings. The molecule has 220 valence electrons. The molecule has 5 atom stereocenters. The van der Waals surface area contributed by atoms with Crippen molar-refractivity contribution < 1.29 is 9.53 Å². The van der Waals surface area contributed by atoms with Crippen LogP contribution < -0.4 is 0 Å². The molecule has 1 rings (SSSR count). The van der Waals surface area contributed by atoms with Crippen molar-refractivity contribution in [2.45, 2.75) is 181 Å². The second-order valence-electron chi connectivity index (χ2n) is 12.6. The highest BCUT2D eigenvalue weighted by Gasteiger charge is 2.42. The van der Waals surface area contributed by atoms with Crippen molar-refractivity contribution in [2.24, 2.45) is 17.8 Å². The van der Waals surface area contributed by atoms with E-state index >= 15 is 0 Å². The van der Waals surface area contributed by atoms with Crippen LogP contribution in [0.3, 0.4) is 0 Å². The van der Waals surface area contributed by atoms with E-state index in [1.165, 1.54) is 135 Å². The molecule has 1 aliphatic carbocycles. The summed E-state index contributed by atoms with van der Waals surface area (Å²) in [6.07, 6.45) is 29.2. The molecule has 1 aliphatic rings. The first kappa shape index (κ1) is 34.5. The molecule has 3 nitrogen and oxygen atoms in total. The van der Waals surface area contributed by atoms with Gasteiger partial charge < -0.3 is 9.64 Å². The fraction of sp³-hybridized carbons (Fsp3) is 0.971. The normalized spacial score (nSPS) is 19.6. The van der Waals surface area contributed by atoms with Crippen molar-refractivity contribution in [1.29, 1.82) is 0 Å². The molecule has 0 aliphatic heterocycles. The van der Waals surface area contributed by atoms with Crippen LogP contribution in [0.15, 0.2) is 0 Å². The number of hydrogen-bond donors (Lipinski definition) is 0. The number of esters is 1. The van der Waals surface area contributed by atoms with E-state index in [-0.39, 0.29) is 24.0 Å². The van der Waals surface area contributed by atoms with Gasteiger partial charge in [-0.2, -0.15) is 0 Å².